The van der Waals surface area contributed by atoms with Crippen LogP contribution in [-0.2, 0) is 4.79 Å². The number of hydrogen-bond acceptors (Lipinski definition) is 7. The number of rotatable bonds is 6. The van der Waals surface area contributed by atoms with Crippen molar-refractivity contribution < 1.29 is 24.5 Å². The molecule has 0 aliphatic heterocycles. The van der Waals surface area contributed by atoms with Crippen molar-refractivity contribution in [1.82, 2.24) is 9.97 Å². The van der Waals surface area contributed by atoms with E-state index in [0.29, 0.717) is 22.4 Å². The second-order valence-corrected chi connectivity index (χ2v) is 5.10. The number of carboxylic acids is 1. The van der Waals surface area contributed by atoms with Crippen LogP contribution < -0.4 is 14.8 Å². The van der Waals surface area contributed by atoms with Gasteiger partial charge in [0.25, 0.3) is 0 Å². The van der Waals surface area contributed by atoms with Gasteiger partial charge in [-0.05, 0) is 24.6 Å². The van der Waals surface area contributed by atoms with Gasteiger partial charge in [-0.3, -0.25) is 0 Å². The molecule has 0 saturated carbocycles. The molecule has 0 radical (unpaired) electrons. The molecule has 0 amide bonds. The second kappa shape index (κ2) is 6.84. The number of ether oxygens (including phenoxy) is 2. The Labute approximate surface area is 137 Å². The molecule has 23 heavy (non-hydrogen) atoms. The summed E-state index contributed by atoms with van der Waals surface area (Å²) >= 11 is 5.89. The molecule has 2 rings (SSSR count). The van der Waals surface area contributed by atoms with E-state index in [1.807, 2.05) is 0 Å². The number of hydrogen-bond donors (Lipinski definition) is 3. The van der Waals surface area contributed by atoms with Crippen molar-refractivity contribution in [1.29, 1.82) is 0 Å². The van der Waals surface area contributed by atoms with E-state index in [1.165, 1.54) is 21.1 Å². The molecule has 1 aromatic carbocycles. The van der Waals surface area contributed by atoms with Gasteiger partial charge in [-0.25, -0.2) is 14.8 Å². The first kappa shape index (κ1) is 17.0. The van der Waals surface area contributed by atoms with Crippen LogP contribution in [0.3, 0.4) is 0 Å². The fourth-order valence-electron chi connectivity index (χ4n) is 2.07. The molecular weight excluding hydrogens is 326 g/mol. The Balaban J connectivity index is 2.60. The zero-order chi connectivity index (χ0) is 17.1. The van der Waals surface area contributed by atoms with Crippen molar-refractivity contribution in [2.24, 2.45) is 0 Å². The third-order valence-corrected chi connectivity index (χ3v) is 3.38. The first-order valence-electron chi connectivity index (χ1n) is 6.64. The summed E-state index contributed by atoms with van der Waals surface area (Å²) in [5.41, 5.74) is 0.444. The van der Waals surface area contributed by atoms with E-state index in [-0.39, 0.29) is 11.1 Å². The monoisotopic (exact) mass is 341 g/mol. The molecule has 8 nitrogen and oxygen atoms in total. The highest BCUT2D eigenvalue weighted by molar-refractivity contribution is 6.28. The smallest absolute Gasteiger partial charge is 0.328 e. The zero-order valence-corrected chi connectivity index (χ0v) is 13.5. The second-order valence-electron chi connectivity index (χ2n) is 4.77. The van der Waals surface area contributed by atoms with Crippen LogP contribution in [0.1, 0.15) is 6.92 Å². The molecule has 0 aliphatic rings. The number of carboxylic acid groups (broad SMARTS) is 1. The van der Waals surface area contributed by atoms with Gasteiger partial charge in [-0.1, -0.05) is 0 Å². The summed E-state index contributed by atoms with van der Waals surface area (Å²) in [7, 11) is 2.96. The number of fused-ring (bicyclic) bond motifs is 1. The number of halogens is 1. The lowest BCUT2D eigenvalue weighted by atomic mass is 10.1. The molecule has 1 heterocycles. The van der Waals surface area contributed by atoms with Crippen molar-refractivity contribution in [3.05, 3.63) is 17.4 Å². The largest absolute Gasteiger partial charge is 0.493 e. The molecule has 0 aliphatic carbocycles. The fraction of sp³-hybridized carbons (Fsp3) is 0.357. The van der Waals surface area contributed by atoms with Gasteiger partial charge >= 0.3 is 5.97 Å². The Hall–Kier alpha value is -2.32. The molecule has 2 aromatic rings. The number of aliphatic carboxylic acids is 1. The summed E-state index contributed by atoms with van der Waals surface area (Å²) in [6.07, 6.45) is -1.14. The van der Waals surface area contributed by atoms with Crippen LogP contribution in [-0.4, -0.2) is 52.5 Å². The number of aliphatic hydroxyl groups excluding tert-OH is 1. The van der Waals surface area contributed by atoms with Crippen LogP contribution in [0.15, 0.2) is 12.1 Å². The SMILES string of the molecule is COc1cc2nc(Cl)nc(NC(C(=O)O)C(C)O)c2cc1OC. The lowest BCUT2D eigenvalue weighted by Gasteiger charge is -2.19. The topological polar surface area (TPSA) is 114 Å². The Bertz CT molecular complexity index is 738. The van der Waals surface area contributed by atoms with Gasteiger partial charge in [-0.15, -0.1) is 0 Å². The molecule has 0 fully saturated rings. The highest BCUT2D eigenvalue weighted by atomic mass is 35.5. The van der Waals surface area contributed by atoms with Gasteiger partial charge in [0.1, 0.15) is 5.82 Å². The van der Waals surface area contributed by atoms with Crippen molar-refractivity contribution >= 4 is 34.3 Å². The number of nitrogens with one attached hydrogen (secondary N) is 1. The van der Waals surface area contributed by atoms with E-state index in [2.05, 4.69) is 15.3 Å². The Morgan fingerprint density at radius 2 is 1.87 bits per heavy atom. The number of methoxy groups -OCH3 is 2. The summed E-state index contributed by atoms with van der Waals surface area (Å²) in [5, 5.41) is 21.9. The minimum absolute atomic E-state index is 0.0676. The van der Waals surface area contributed by atoms with Gasteiger partial charge < -0.3 is 25.0 Å². The van der Waals surface area contributed by atoms with Crippen LogP contribution >= 0.6 is 11.6 Å². The van der Waals surface area contributed by atoms with Gasteiger partial charge in [0, 0.05) is 11.5 Å². The number of aromatic nitrogens is 2. The molecule has 2 atom stereocenters. The minimum atomic E-state index is -1.25. The lowest BCUT2D eigenvalue weighted by molar-refractivity contribution is -0.140. The number of aliphatic hydroxyl groups is 1. The normalized spacial score (nSPS) is 13.4. The Morgan fingerprint density at radius 1 is 1.26 bits per heavy atom. The van der Waals surface area contributed by atoms with Crippen LogP contribution in [0, 0.1) is 0 Å². The third kappa shape index (κ3) is 3.54. The maximum absolute atomic E-state index is 11.2. The molecular formula is C14H16ClN3O5. The number of anilines is 1. The van der Waals surface area contributed by atoms with E-state index in [1.54, 1.807) is 12.1 Å². The summed E-state index contributed by atoms with van der Waals surface area (Å²) in [6, 6.07) is 1.95. The third-order valence-electron chi connectivity index (χ3n) is 3.21. The van der Waals surface area contributed by atoms with E-state index in [0.717, 1.165) is 0 Å². The van der Waals surface area contributed by atoms with E-state index >= 15 is 0 Å². The minimum Gasteiger partial charge on any atom is -0.493 e. The summed E-state index contributed by atoms with van der Waals surface area (Å²) < 4.78 is 10.4. The summed E-state index contributed by atoms with van der Waals surface area (Å²) in [6.45, 7) is 1.36. The first-order chi connectivity index (χ1) is 10.9. The van der Waals surface area contributed by atoms with Gasteiger partial charge in [0.2, 0.25) is 5.28 Å². The molecule has 0 spiro atoms. The Morgan fingerprint density at radius 3 is 2.39 bits per heavy atom. The van der Waals surface area contributed by atoms with Crippen molar-refractivity contribution in [2.75, 3.05) is 19.5 Å². The average molecular weight is 342 g/mol. The maximum atomic E-state index is 11.2. The van der Waals surface area contributed by atoms with E-state index in [4.69, 9.17) is 21.1 Å². The van der Waals surface area contributed by atoms with E-state index < -0.39 is 18.1 Å². The van der Waals surface area contributed by atoms with E-state index in [9.17, 15) is 15.0 Å². The number of nitrogens with zero attached hydrogens (tertiary/aromatic N) is 2. The van der Waals surface area contributed by atoms with Crippen LogP contribution in [0.5, 0.6) is 11.5 Å². The number of benzene rings is 1. The Kier molecular flexibility index (Phi) is 5.07. The fourth-order valence-corrected chi connectivity index (χ4v) is 2.25. The van der Waals surface area contributed by atoms with Gasteiger partial charge in [0.05, 0.1) is 25.8 Å². The summed E-state index contributed by atoms with van der Waals surface area (Å²) in [4.78, 5) is 19.3. The number of carbonyl (C=O) groups is 1. The summed E-state index contributed by atoms with van der Waals surface area (Å²) in [5.74, 6) is -0.165. The van der Waals surface area contributed by atoms with Crippen molar-refractivity contribution in [2.45, 2.75) is 19.1 Å². The predicted octanol–water partition coefficient (Wildman–Crippen LogP) is 1.55. The highest BCUT2D eigenvalue weighted by Gasteiger charge is 2.25. The molecule has 0 bridgehead atoms. The average Bonchev–Trinajstić information content (AvgIpc) is 2.50. The molecule has 124 valence electrons. The predicted molar refractivity (Wildman–Crippen MR) is 84.4 cm³/mol. The van der Waals surface area contributed by atoms with Crippen LogP contribution in [0.4, 0.5) is 5.82 Å². The highest BCUT2D eigenvalue weighted by Crippen LogP contribution is 2.34. The van der Waals surface area contributed by atoms with Crippen LogP contribution in [0.25, 0.3) is 10.9 Å². The maximum Gasteiger partial charge on any atom is 0.328 e. The lowest BCUT2D eigenvalue weighted by Crippen LogP contribution is -2.39. The van der Waals surface area contributed by atoms with Crippen molar-refractivity contribution in [3.63, 3.8) is 0 Å². The molecule has 0 saturated heterocycles. The van der Waals surface area contributed by atoms with Gasteiger partial charge in [0.15, 0.2) is 17.5 Å². The molecule has 3 N–H and O–H groups in total. The first-order valence-corrected chi connectivity index (χ1v) is 7.01. The van der Waals surface area contributed by atoms with Crippen molar-refractivity contribution in [3.8, 4) is 11.5 Å². The zero-order valence-electron chi connectivity index (χ0n) is 12.7. The standard InChI is InChI=1S/C14H16ClN3O5/c1-6(19)11(13(20)21)17-12-7-4-9(22-2)10(23-3)5-8(7)16-14(15)18-12/h4-6,11,19H,1-3H3,(H,20,21)(H,16,17,18). The molecule has 9 heteroatoms. The van der Waals surface area contributed by atoms with Crippen LogP contribution in [0.2, 0.25) is 5.28 Å². The molecule has 2 unspecified atom stereocenters. The quantitative estimate of drug-likeness (QED) is 0.678. The molecule has 1 aromatic heterocycles. The van der Waals surface area contributed by atoms with Gasteiger partial charge in [-0.2, -0.15) is 0 Å².